The Balaban J connectivity index is 2.38. The SMILES string of the molecule is Cc1cc(C)c(C2C=C(CCl)NO2)c(C)c1. The molecule has 1 atom stereocenters. The average molecular weight is 238 g/mol. The summed E-state index contributed by atoms with van der Waals surface area (Å²) >= 11 is 5.75. The summed E-state index contributed by atoms with van der Waals surface area (Å²) in [5, 5.41) is 0. The van der Waals surface area contributed by atoms with Gasteiger partial charge in [0.25, 0.3) is 0 Å². The zero-order valence-electron chi connectivity index (χ0n) is 9.80. The van der Waals surface area contributed by atoms with Gasteiger partial charge >= 0.3 is 0 Å². The average Bonchev–Trinajstić information content (AvgIpc) is 2.64. The quantitative estimate of drug-likeness (QED) is 0.797. The Morgan fingerprint density at radius 1 is 1.25 bits per heavy atom. The van der Waals surface area contributed by atoms with Crippen LogP contribution in [-0.4, -0.2) is 5.88 Å². The molecule has 3 heteroatoms. The maximum absolute atomic E-state index is 5.75. The van der Waals surface area contributed by atoms with E-state index in [1.54, 1.807) is 0 Å². The van der Waals surface area contributed by atoms with Crippen LogP contribution < -0.4 is 5.48 Å². The van der Waals surface area contributed by atoms with E-state index in [1.807, 2.05) is 6.08 Å². The van der Waals surface area contributed by atoms with Crippen LogP contribution in [0.25, 0.3) is 0 Å². The van der Waals surface area contributed by atoms with Gasteiger partial charge in [0, 0.05) is 0 Å². The summed E-state index contributed by atoms with van der Waals surface area (Å²) in [6, 6.07) is 4.36. The lowest BCUT2D eigenvalue weighted by Gasteiger charge is -2.15. The molecule has 2 nitrogen and oxygen atoms in total. The van der Waals surface area contributed by atoms with Crippen molar-refractivity contribution in [2.45, 2.75) is 26.9 Å². The summed E-state index contributed by atoms with van der Waals surface area (Å²) in [7, 11) is 0. The van der Waals surface area contributed by atoms with Gasteiger partial charge in [0.2, 0.25) is 0 Å². The van der Waals surface area contributed by atoms with E-state index in [0.29, 0.717) is 5.88 Å². The molecule has 1 aliphatic rings. The first-order chi connectivity index (χ1) is 7.61. The molecular formula is C13H16ClNO. The van der Waals surface area contributed by atoms with Crippen molar-refractivity contribution >= 4 is 11.6 Å². The molecule has 0 saturated carbocycles. The minimum absolute atomic E-state index is 0.0191. The van der Waals surface area contributed by atoms with Crippen LogP contribution in [0.3, 0.4) is 0 Å². The van der Waals surface area contributed by atoms with E-state index in [0.717, 1.165) is 5.70 Å². The molecule has 16 heavy (non-hydrogen) atoms. The van der Waals surface area contributed by atoms with Gasteiger partial charge < -0.3 is 0 Å². The number of allylic oxidation sites excluding steroid dienone is 1. The lowest BCUT2D eigenvalue weighted by molar-refractivity contribution is 0.0416. The third-order valence-electron chi connectivity index (χ3n) is 2.84. The third-order valence-corrected chi connectivity index (χ3v) is 3.12. The Bertz CT molecular complexity index is 417. The van der Waals surface area contributed by atoms with Gasteiger partial charge in [-0.15, -0.1) is 11.6 Å². The summed E-state index contributed by atoms with van der Waals surface area (Å²) in [6.07, 6.45) is 2.02. The fourth-order valence-corrected chi connectivity index (χ4v) is 2.39. The number of halogens is 1. The van der Waals surface area contributed by atoms with E-state index >= 15 is 0 Å². The second-order valence-corrected chi connectivity index (χ2v) is 4.55. The summed E-state index contributed by atoms with van der Waals surface area (Å²) in [5.74, 6) is 0.459. The maximum Gasteiger partial charge on any atom is 0.131 e. The second-order valence-electron chi connectivity index (χ2n) is 4.28. The van der Waals surface area contributed by atoms with E-state index in [1.165, 1.54) is 22.3 Å². The minimum atomic E-state index is -0.0191. The van der Waals surface area contributed by atoms with E-state index in [4.69, 9.17) is 16.4 Å². The van der Waals surface area contributed by atoms with E-state index in [9.17, 15) is 0 Å². The summed E-state index contributed by atoms with van der Waals surface area (Å²) in [4.78, 5) is 5.52. The maximum atomic E-state index is 5.75. The number of hydrogen-bond donors (Lipinski definition) is 1. The molecule has 1 N–H and O–H groups in total. The summed E-state index contributed by atoms with van der Waals surface area (Å²) in [6.45, 7) is 6.34. The molecule has 0 saturated heterocycles. The van der Waals surface area contributed by atoms with Crippen LogP contribution in [-0.2, 0) is 4.84 Å². The van der Waals surface area contributed by atoms with Gasteiger partial charge in [0.05, 0.1) is 11.6 Å². The van der Waals surface area contributed by atoms with Gasteiger partial charge in [-0.1, -0.05) is 17.7 Å². The van der Waals surface area contributed by atoms with Crippen molar-refractivity contribution in [3.63, 3.8) is 0 Å². The van der Waals surface area contributed by atoms with Crippen LogP contribution in [0.4, 0.5) is 0 Å². The molecule has 1 aromatic rings. The number of rotatable bonds is 2. The molecular weight excluding hydrogens is 222 g/mol. The Morgan fingerprint density at radius 2 is 1.88 bits per heavy atom. The highest BCUT2D eigenvalue weighted by Crippen LogP contribution is 2.30. The van der Waals surface area contributed by atoms with Gasteiger partial charge in [0.1, 0.15) is 6.10 Å². The highest BCUT2D eigenvalue weighted by atomic mass is 35.5. The number of aryl methyl sites for hydroxylation is 3. The van der Waals surface area contributed by atoms with Crippen LogP contribution in [0.15, 0.2) is 23.9 Å². The van der Waals surface area contributed by atoms with Crippen molar-refractivity contribution in [3.8, 4) is 0 Å². The molecule has 0 aromatic heterocycles. The highest BCUT2D eigenvalue weighted by Gasteiger charge is 2.21. The molecule has 1 aromatic carbocycles. The monoisotopic (exact) mass is 237 g/mol. The van der Waals surface area contributed by atoms with Crippen LogP contribution in [0.2, 0.25) is 0 Å². The van der Waals surface area contributed by atoms with Crippen molar-refractivity contribution in [3.05, 3.63) is 46.2 Å². The topological polar surface area (TPSA) is 21.3 Å². The van der Waals surface area contributed by atoms with Gasteiger partial charge in [-0.3, -0.25) is 10.3 Å². The Labute approximate surface area is 101 Å². The summed E-state index contributed by atoms with van der Waals surface area (Å²) in [5.41, 5.74) is 8.83. The van der Waals surface area contributed by atoms with Crippen LogP contribution >= 0.6 is 11.6 Å². The Kier molecular flexibility index (Phi) is 3.22. The molecule has 0 spiro atoms. The number of nitrogens with one attached hydrogen (secondary N) is 1. The van der Waals surface area contributed by atoms with E-state index < -0.39 is 0 Å². The number of benzene rings is 1. The molecule has 1 heterocycles. The lowest BCUT2D eigenvalue weighted by atomic mass is 9.95. The van der Waals surface area contributed by atoms with Crippen LogP contribution in [0.1, 0.15) is 28.4 Å². The molecule has 1 unspecified atom stereocenters. The normalized spacial score (nSPS) is 19.5. The molecule has 0 bridgehead atoms. The first-order valence-corrected chi connectivity index (χ1v) is 5.91. The van der Waals surface area contributed by atoms with Gasteiger partial charge in [-0.25, -0.2) is 0 Å². The van der Waals surface area contributed by atoms with Gasteiger partial charge in [-0.2, -0.15) is 0 Å². The first-order valence-electron chi connectivity index (χ1n) is 5.38. The zero-order chi connectivity index (χ0) is 11.7. The standard InChI is InChI=1S/C13H16ClNO/c1-8-4-9(2)13(10(3)5-8)12-6-11(7-14)15-16-12/h4-6,12,15H,7H2,1-3H3. The molecule has 86 valence electrons. The summed E-state index contributed by atoms with van der Waals surface area (Å²) < 4.78 is 0. The van der Waals surface area contributed by atoms with Crippen LogP contribution in [0.5, 0.6) is 0 Å². The largest absolute Gasteiger partial charge is 0.269 e. The minimum Gasteiger partial charge on any atom is -0.269 e. The van der Waals surface area contributed by atoms with E-state index in [-0.39, 0.29) is 6.10 Å². The second kappa shape index (κ2) is 4.48. The predicted molar refractivity (Wildman–Crippen MR) is 66.4 cm³/mol. The third kappa shape index (κ3) is 2.08. The molecule has 0 fully saturated rings. The number of hydroxylamine groups is 1. The molecule has 2 rings (SSSR count). The number of alkyl halides is 1. The van der Waals surface area contributed by atoms with Crippen molar-refractivity contribution in [2.24, 2.45) is 0 Å². The van der Waals surface area contributed by atoms with E-state index in [2.05, 4.69) is 38.4 Å². The lowest BCUT2D eigenvalue weighted by Crippen LogP contribution is -2.10. The highest BCUT2D eigenvalue weighted by molar-refractivity contribution is 6.19. The van der Waals surface area contributed by atoms with Gasteiger partial charge in [-0.05, 0) is 43.5 Å². The Morgan fingerprint density at radius 3 is 2.38 bits per heavy atom. The fourth-order valence-electron chi connectivity index (χ4n) is 2.24. The molecule has 0 aliphatic carbocycles. The predicted octanol–water partition coefficient (Wildman–Crippen LogP) is 3.31. The van der Waals surface area contributed by atoms with Crippen LogP contribution in [0, 0.1) is 20.8 Å². The smallest absolute Gasteiger partial charge is 0.131 e. The molecule has 1 aliphatic heterocycles. The Hall–Kier alpha value is -0.990. The van der Waals surface area contributed by atoms with Crippen molar-refractivity contribution in [2.75, 3.05) is 5.88 Å². The number of hydrogen-bond acceptors (Lipinski definition) is 2. The van der Waals surface area contributed by atoms with Gasteiger partial charge in [0.15, 0.2) is 0 Å². The van der Waals surface area contributed by atoms with Crippen molar-refractivity contribution in [1.29, 1.82) is 0 Å². The zero-order valence-corrected chi connectivity index (χ0v) is 10.6. The molecule has 0 amide bonds. The molecule has 0 radical (unpaired) electrons. The van der Waals surface area contributed by atoms with Crippen molar-refractivity contribution < 1.29 is 4.84 Å². The first kappa shape index (κ1) is 11.5. The fraction of sp³-hybridized carbons (Fsp3) is 0.385. The van der Waals surface area contributed by atoms with Crippen molar-refractivity contribution in [1.82, 2.24) is 5.48 Å².